The zero-order valence-electron chi connectivity index (χ0n) is 19.2. The monoisotopic (exact) mass is 480 g/mol. The molecule has 3 aromatic heterocycles. The summed E-state index contributed by atoms with van der Waals surface area (Å²) in [4.78, 5) is 16.2. The third kappa shape index (κ3) is 4.88. The van der Waals surface area contributed by atoms with Crippen LogP contribution >= 0.6 is 11.6 Å². The summed E-state index contributed by atoms with van der Waals surface area (Å²) < 4.78 is 22.1. The Hall–Kier alpha value is -3.10. The lowest BCUT2D eigenvalue weighted by atomic mass is 10.1. The summed E-state index contributed by atoms with van der Waals surface area (Å²) in [5, 5.41) is 4.44. The Balaban J connectivity index is 0.000000252. The highest BCUT2D eigenvalue weighted by atomic mass is 35.5. The van der Waals surface area contributed by atoms with Crippen molar-refractivity contribution < 1.29 is 9.13 Å². The van der Waals surface area contributed by atoms with Gasteiger partial charge in [0.25, 0.3) is 0 Å². The average molecular weight is 481 g/mol. The van der Waals surface area contributed by atoms with Crippen molar-refractivity contribution in [2.45, 2.75) is 32.7 Å². The molecule has 1 aliphatic heterocycles. The predicted molar refractivity (Wildman–Crippen MR) is 131 cm³/mol. The van der Waals surface area contributed by atoms with Crippen molar-refractivity contribution in [2.24, 2.45) is 0 Å². The van der Waals surface area contributed by atoms with Gasteiger partial charge in [0, 0.05) is 42.1 Å². The zero-order chi connectivity index (χ0) is 23.7. The second-order valence-corrected chi connectivity index (χ2v) is 8.97. The van der Waals surface area contributed by atoms with Crippen LogP contribution in [0.1, 0.15) is 30.3 Å². The largest absolute Gasteiger partial charge is 0.378 e. The van der Waals surface area contributed by atoms with Crippen LogP contribution in [0.4, 0.5) is 10.2 Å². The summed E-state index contributed by atoms with van der Waals surface area (Å²) in [6.45, 7) is 6.56. The molecule has 0 spiro atoms. The number of aryl methyl sites for hydroxylation is 2. The number of rotatable bonds is 3. The first-order valence-electron chi connectivity index (χ1n) is 11.4. The lowest BCUT2D eigenvalue weighted by molar-refractivity contribution is 0.122. The Morgan fingerprint density at radius 1 is 1.03 bits per heavy atom. The molecule has 4 heterocycles. The quantitative estimate of drug-likeness (QED) is 0.403. The minimum atomic E-state index is -0.426. The van der Waals surface area contributed by atoms with Crippen LogP contribution in [0.25, 0.3) is 22.3 Å². The number of nitrogens with zero attached hydrogens (tertiary/aromatic N) is 6. The van der Waals surface area contributed by atoms with Gasteiger partial charge >= 0.3 is 0 Å². The first kappa shape index (κ1) is 22.7. The van der Waals surface area contributed by atoms with Gasteiger partial charge in [-0.25, -0.2) is 19.3 Å². The van der Waals surface area contributed by atoms with Crippen molar-refractivity contribution in [3.8, 4) is 11.3 Å². The molecule has 176 valence electrons. The second-order valence-electron chi connectivity index (χ2n) is 8.53. The van der Waals surface area contributed by atoms with Gasteiger partial charge in [0.05, 0.1) is 36.2 Å². The molecule has 0 atom stereocenters. The molecule has 1 saturated carbocycles. The number of halogens is 2. The smallest absolute Gasteiger partial charge is 0.134 e. The molecule has 1 saturated heterocycles. The van der Waals surface area contributed by atoms with Crippen molar-refractivity contribution in [1.82, 2.24) is 24.7 Å². The fourth-order valence-electron chi connectivity index (χ4n) is 3.88. The fraction of sp³-hybridized carbons (Fsp3) is 0.360. The minimum absolute atomic E-state index is 0.345. The molecule has 2 fully saturated rings. The molecule has 0 radical (unpaired) electrons. The normalized spacial score (nSPS) is 15.8. The van der Waals surface area contributed by atoms with E-state index in [-0.39, 0.29) is 0 Å². The van der Waals surface area contributed by atoms with E-state index in [2.05, 4.69) is 20.0 Å². The van der Waals surface area contributed by atoms with E-state index in [1.807, 2.05) is 43.1 Å². The van der Waals surface area contributed by atoms with Gasteiger partial charge in [-0.1, -0.05) is 11.6 Å². The van der Waals surface area contributed by atoms with Crippen molar-refractivity contribution in [3.63, 3.8) is 0 Å². The molecule has 1 aliphatic carbocycles. The molecule has 2 aliphatic rings. The SMILES string of the molecule is Cc1nc2cc(N3CCOCC3)nc(-c3ccc(Cl)cc3F)c2nc1C.c1cnn(C2CC2)c1. The summed E-state index contributed by atoms with van der Waals surface area (Å²) in [5.74, 6) is 0.327. The topological polar surface area (TPSA) is 69.0 Å². The van der Waals surface area contributed by atoms with Gasteiger partial charge in [-0.15, -0.1) is 0 Å². The number of benzene rings is 1. The maximum Gasteiger partial charge on any atom is 0.134 e. The van der Waals surface area contributed by atoms with E-state index in [0.29, 0.717) is 40.5 Å². The van der Waals surface area contributed by atoms with Crippen LogP contribution in [0, 0.1) is 19.7 Å². The highest BCUT2D eigenvalue weighted by Gasteiger charge is 2.23. The van der Waals surface area contributed by atoms with Crippen molar-refractivity contribution in [2.75, 3.05) is 31.2 Å². The third-order valence-corrected chi connectivity index (χ3v) is 6.25. The fourth-order valence-corrected chi connectivity index (χ4v) is 4.04. The Labute approximate surface area is 202 Å². The van der Waals surface area contributed by atoms with Gasteiger partial charge in [0.2, 0.25) is 0 Å². The van der Waals surface area contributed by atoms with E-state index in [0.717, 1.165) is 36.3 Å². The van der Waals surface area contributed by atoms with Crippen molar-refractivity contribution in [1.29, 1.82) is 0 Å². The second kappa shape index (κ2) is 9.64. The molecule has 0 unspecified atom stereocenters. The van der Waals surface area contributed by atoms with E-state index in [9.17, 15) is 4.39 Å². The molecule has 6 rings (SSSR count). The van der Waals surface area contributed by atoms with Gasteiger partial charge in [0.1, 0.15) is 22.8 Å². The van der Waals surface area contributed by atoms with Crippen LogP contribution in [0.3, 0.4) is 0 Å². The number of pyridine rings is 1. The van der Waals surface area contributed by atoms with Crippen LogP contribution in [0.2, 0.25) is 5.02 Å². The number of fused-ring (bicyclic) bond motifs is 1. The zero-order valence-corrected chi connectivity index (χ0v) is 20.0. The lowest BCUT2D eigenvalue weighted by Crippen LogP contribution is -2.36. The number of morpholine rings is 1. The highest BCUT2D eigenvalue weighted by molar-refractivity contribution is 6.30. The Bertz CT molecular complexity index is 1300. The molecule has 7 nitrogen and oxygen atoms in total. The highest BCUT2D eigenvalue weighted by Crippen LogP contribution is 2.33. The lowest BCUT2D eigenvalue weighted by Gasteiger charge is -2.28. The van der Waals surface area contributed by atoms with Gasteiger partial charge in [-0.2, -0.15) is 5.10 Å². The summed E-state index contributed by atoms with van der Waals surface area (Å²) in [7, 11) is 0. The molecule has 9 heteroatoms. The number of hydrogen-bond donors (Lipinski definition) is 0. The standard InChI is InChI=1S/C19H18ClFN4O.C6H8N2/c1-11-12(2)23-19-16(22-11)10-17(25-5-7-26-8-6-25)24-18(19)14-4-3-13(20)9-15(14)21;1-4-7-8(5-1)6-2-3-6/h3-4,9-10H,5-8H2,1-2H3;1,4-6H,2-3H2. The van der Waals surface area contributed by atoms with Crippen LogP contribution < -0.4 is 4.90 Å². The molecule has 0 amide bonds. The summed E-state index contributed by atoms with van der Waals surface area (Å²) in [5.41, 5.74) is 3.79. The van der Waals surface area contributed by atoms with Gasteiger partial charge in [-0.05, 0) is 51.0 Å². The summed E-state index contributed by atoms with van der Waals surface area (Å²) in [6.07, 6.45) is 6.50. The van der Waals surface area contributed by atoms with E-state index >= 15 is 0 Å². The Kier molecular flexibility index (Phi) is 6.43. The van der Waals surface area contributed by atoms with E-state index in [4.69, 9.17) is 21.3 Å². The Morgan fingerprint density at radius 3 is 2.47 bits per heavy atom. The first-order valence-corrected chi connectivity index (χ1v) is 11.8. The van der Waals surface area contributed by atoms with Crippen molar-refractivity contribution >= 4 is 28.5 Å². The summed E-state index contributed by atoms with van der Waals surface area (Å²) >= 11 is 5.91. The minimum Gasteiger partial charge on any atom is -0.378 e. The number of ether oxygens (including phenoxy) is 1. The molecule has 0 N–H and O–H groups in total. The molecule has 1 aromatic carbocycles. The van der Waals surface area contributed by atoms with Gasteiger partial charge in [0.15, 0.2) is 0 Å². The molecule has 34 heavy (non-hydrogen) atoms. The van der Waals surface area contributed by atoms with Gasteiger partial charge in [-0.3, -0.25) is 4.68 Å². The first-order chi connectivity index (χ1) is 16.5. The molecule has 0 bridgehead atoms. The van der Waals surface area contributed by atoms with E-state index in [1.54, 1.807) is 12.1 Å². The molecular weight excluding hydrogens is 455 g/mol. The number of aromatic nitrogens is 5. The number of anilines is 1. The van der Waals surface area contributed by atoms with Crippen LogP contribution in [-0.4, -0.2) is 51.0 Å². The summed E-state index contributed by atoms with van der Waals surface area (Å²) in [6, 6.07) is 9.21. The third-order valence-electron chi connectivity index (χ3n) is 6.02. The molecular formula is C25H26ClFN6O. The predicted octanol–water partition coefficient (Wildman–Crippen LogP) is 5.16. The van der Waals surface area contributed by atoms with Crippen LogP contribution in [0.5, 0.6) is 0 Å². The van der Waals surface area contributed by atoms with Crippen molar-refractivity contribution in [3.05, 3.63) is 65.0 Å². The Morgan fingerprint density at radius 2 is 1.79 bits per heavy atom. The number of hydrogen-bond acceptors (Lipinski definition) is 6. The average Bonchev–Trinajstić information content (AvgIpc) is 3.54. The van der Waals surface area contributed by atoms with Gasteiger partial charge < -0.3 is 9.64 Å². The maximum absolute atomic E-state index is 14.6. The molecule has 4 aromatic rings. The van der Waals surface area contributed by atoms with E-state index < -0.39 is 5.82 Å². The van der Waals surface area contributed by atoms with E-state index in [1.165, 1.54) is 18.9 Å². The maximum atomic E-state index is 14.6. The van der Waals surface area contributed by atoms with Crippen LogP contribution in [-0.2, 0) is 4.74 Å². The van der Waals surface area contributed by atoms with Crippen LogP contribution in [0.15, 0.2) is 42.7 Å².